The van der Waals surface area contributed by atoms with E-state index in [1.807, 2.05) is 7.11 Å². The first-order valence-corrected chi connectivity index (χ1v) is 5.55. The van der Waals surface area contributed by atoms with E-state index in [0.717, 1.165) is 13.1 Å². The van der Waals surface area contributed by atoms with Gasteiger partial charge in [-0.15, -0.1) is 0 Å². The zero-order valence-electron chi connectivity index (χ0n) is 9.60. The van der Waals surface area contributed by atoms with Gasteiger partial charge >= 0.3 is 0 Å². The van der Waals surface area contributed by atoms with E-state index in [-0.39, 0.29) is 5.60 Å². The third-order valence-corrected chi connectivity index (χ3v) is 4.18. The molecule has 3 heteroatoms. The first kappa shape index (κ1) is 10.4. The normalized spacial score (nSPS) is 42.0. The van der Waals surface area contributed by atoms with Crippen molar-refractivity contribution in [1.29, 1.82) is 0 Å². The molecule has 0 bridgehead atoms. The van der Waals surface area contributed by atoms with E-state index in [4.69, 9.17) is 4.74 Å². The lowest BCUT2D eigenvalue weighted by molar-refractivity contribution is -0.186. The minimum atomic E-state index is 0.125. The number of nitrogens with zero attached hydrogens (tertiary/aromatic N) is 1. The molecule has 0 aromatic rings. The molecule has 1 aliphatic carbocycles. The van der Waals surface area contributed by atoms with Crippen LogP contribution in [-0.4, -0.2) is 51.3 Å². The van der Waals surface area contributed by atoms with Gasteiger partial charge < -0.3 is 15.0 Å². The Balaban J connectivity index is 2.12. The Kier molecular flexibility index (Phi) is 2.58. The standard InChI is InChI=1S/C11H22N2O/c1-13(2)9-11(14-3)5-4-10(11)6-7-12-8-10/h12H,4-9H2,1-3H3/t10-,11?/m0/s1. The quantitative estimate of drug-likeness (QED) is 0.723. The van der Waals surface area contributed by atoms with E-state index in [1.165, 1.54) is 25.8 Å². The highest BCUT2D eigenvalue weighted by Crippen LogP contribution is 2.55. The molecule has 2 atom stereocenters. The van der Waals surface area contributed by atoms with Crippen molar-refractivity contribution in [3.63, 3.8) is 0 Å². The van der Waals surface area contributed by atoms with Crippen LogP contribution in [0.4, 0.5) is 0 Å². The Hall–Kier alpha value is -0.120. The summed E-state index contributed by atoms with van der Waals surface area (Å²) in [5.74, 6) is 0. The van der Waals surface area contributed by atoms with E-state index in [0.29, 0.717) is 5.41 Å². The predicted molar refractivity (Wildman–Crippen MR) is 57.4 cm³/mol. The molecule has 0 radical (unpaired) electrons. The summed E-state index contributed by atoms with van der Waals surface area (Å²) in [7, 11) is 6.15. The average Bonchev–Trinajstić information content (AvgIpc) is 2.63. The summed E-state index contributed by atoms with van der Waals surface area (Å²) < 4.78 is 5.84. The summed E-state index contributed by atoms with van der Waals surface area (Å²) in [6.07, 6.45) is 3.85. The number of ether oxygens (including phenoxy) is 1. The van der Waals surface area contributed by atoms with E-state index >= 15 is 0 Å². The number of hydrogen-bond donors (Lipinski definition) is 1. The van der Waals surface area contributed by atoms with E-state index < -0.39 is 0 Å². The van der Waals surface area contributed by atoms with Gasteiger partial charge in [-0.1, -0.05) is 0 Å². The molecule has 2 rings (SSSR count). The van der Waals surface area contributed by atoms with Crippen LogP contribution in [0.3, 0.4) is 0 Å². The summed E-state index contributed by atoms with van der Waals surface area (Å²) >= 11 is 0. The maximum Gasteiger partial charge on any atom is 0.0873 e. The Morgan fingerprint density at radius 3 is 2.43 bits per heavy atom. The van der Waals surface area contributed by atoms with E-state index in [9.17, 15) is 0 Å². The highest BCUT2D eigenvalue weighted by atomic mass is 16.5. The smallest absolute Gasteiger partial charge is 0.0873 e. The van der Waals surface area contributed by atoms with Crippen LogP contribution in [0.5, 0.6) is 0 Å². The fraction of sp³-hybridized carbons (Fsp3) is 1.00. The van der Waals surface area contributed by atoms with Crippen LogP contribution in [0, 0.1) is 5.41 Å². The third kappa shape index (κ3) is 1.30. The fourth-order valence-electron chi connectivity index (χ4n) is 3.24. The van der Waals surface area contributed by atoms with Crippen molar-refractivity contribution in [1.82, 2.24) is 10.2 Å². The monoisotopic (exact) mass is 198 g/mol. The molecule has 1 saturated heterocycles. The maximum absolute atomic E-state index is 5.84. The number of nitrogens with one attached hydrogen (secondary N) is 1. The molecule has 1 unspecified atom stereocenters. The molecule has 0 amide bonds. The molecule has 3 nitrogen and oxygen atoms in total. The summed E-state index contributed by atoms with van der Waals surface area (Å²) in [4.78, 5) is 2.25. The van der Waals surface area contributed by atoms with Crippen molar-refractivity contribution in [3.05, 3.63) is 0 Å². The molecule has 0 aromatic heterocycles. The second kappa shape index (κ2) is 3.47. The first-order valence-electron chi connectivity index (χ1n) is 5.55. The average molecular weight is 198 g/mol. The molecule has 1 N–H and O–H groups in total. The molecular formula is C11H22N2O. The molecule has 2 aliphatic rings. The Morgan fingerprint density at radius 1 is 1.29 bits per heavy atom. The predicted octanol–water partition coefficient (Wildman–Crippen LogP) is 0.707. The van der Waals surface area contributed by atoms with Crippen molar-refractivity contribution in [3.8, 4) is 0 Å². The number of rotatable bonds is 3. The van der Waals surface area contributed by atoms with Gasteiger partial charge in [-0.3, -0.25) is 0 Å². The molecule has 2 fully saturated rings. The van der Waals surface area contributed by atoms with Crippen LogP contribution in [-0.2, 0) is 4.74 Å². The molecule has 0 aromatic carbocycles. The third-order valence-electron chi connectivity index (χ3n) is 4.18. The number of hydrogen-bond acceptors (Lipinski definition) is 3. The lowest BCUT2D eigenvalue weighted by Crippen LogP contribution is -2.63. The minimum Gasteiger partial charge on any atom is -0.376 e. The van der Waals surface area contributed by atoms with Crippen LogP contribution in [0.15, 0.2) is 0 Å². The molecule has 1 aliphatic heterocycles. The molecule has 82 valence electrons. The van der Waals surface area contributed by atoms with Crippen LogP contribution >= 0.6 is 0 Å². The highest BCUT2D eigenvalue weighted by molar-refractivity contribution is 5.13. The summed E-state index contributed by atoms with van der Waals surface area (Å²) in [6.45, 7) is 3.37. The van der Waals surface area contributed by atoms with Crippen molar-refractivity contribution in [2.45, 2.75) is 24.9 Å². The van der Waals surface area contributed by atoms with Crippen molar-refractivity contribution < 1.29 is 4.74 Å². The van der Waals surface area contributed by atoms with Gasteiger partial charge in [0.2, 0.25) is 0 Å². The van der Waals surface area contributed by atoms with Gasteiger partial charge in [-0.2, -0.15) is 0 Å². The van der Waals surface area contributed by atoms with Gasteiger partial charge in [0.1, 0.15) is 0 Å². The molecule has 1 heterocycles. The number of methoxy groups -OCH3 is 1. The fourth-order valence-corrected chi connectivity index (χ4v) is 3.24. The molecule has 1 saturated carbocycles. The van der Waals surface area contributed by atoms with Gasteiger partial charge in [-0.25, -0.2) is 0 Å². The van der Waals surface area contributed by atoms with Gasteiger partial charge in [0.25, 0.3) is 0 Å². The van der Waals surface area contributed by atoms with Crippen molar-refractivity contribution in [2.75, 3.05) is 40.8 Å². The van der Waals surface area contributed by atoms with Crippen LogP contribution in [0.1, 0.15) is 19.3 Å². The van der Waals surface area contributed by atoms with Crippen LogP contribution in [0.25, 0.3) is 0 Å². The lowest BCUT2D eigenvalue weighted by Gasteiger charge is -2.57. The summed E-state index contributed by atoms with van der Waals surface area (Å²) in [5, 5.41) is 3.48. The Bertz CT molecular complexity index is 207. The SMILES string of the molecule is COC1(CN(C)C)CC[C@@]12CCNC2. The van der Waals surface area contributed by atoms with Crippen molar-refractivity contribution >= 4 is 0 Å². The van der Waals surface area contributed by atoms with Crippen LogP contribution in [0.2, 0.25) is 0 Å². The first-order chi connectivity index (χ1) is 6.64. The van der Waals surface area contributed by atoms with Gasteiger partial charge in [0.05, 0.1) is 5.60 Å². The van der Waals surface area contributed by atoms with Crippen LogP contribution < -0.4 is 5.32 Å². The van der Waals surface area contributed by atoms with Gasteiger partial charge in [-0.05, 0) is 39.9 Å². The largest absolute Gasteiger partial charge is 0.376 e. The van der Waals surface area contributed by atoms with Gasteiger partial charge in [0, 0.05) is 25.6 Å². The molecule has 1 spiro atoms. The van der Waals surface area contributed by atoms with Gasteiger partial charge in [0.15, 0.2) is 0 Å². The Labute approximate surface area is 86.8 Å². The number of likely N-dealkylation sites (N-methyl/N-ethyl adjacent to an activating group) is 1. The Morgan fingerprint density at radius 2 is 2.07 bits per heavy atom. The van der Waals surface area contributed by atoms with E-state index in [1.54, 1.807) is 0 Å². The minimum absolute atomic E-state index is 0.125. The molecule has 14 heavy (non-hydrogen) atoms. The zero-order chi connectivity index (χ0) is 10.2. The highest BCUT2D eigenvalue weighted by Gasteiger charge is 2.60. The topological polar surface area (TPSA) is 24.5 Å². The zero-order valence-corrected chi connectivity index (χ0v) is 9.60. The molecular weight excluding hydrogens is 176 g/mol. The summed E-state index contributed by atoms with van der Waals surface area (Å²) in [6, 6.07) is 0. The summed E-state index contributed by atoms with van der Waals surface area (Å²) in [5.41, 5.74) is 0.562. The van der Waals surface area contributed by atoms with Crippen molar-refractivity contribution in [2.24, 2.45) is 5.41 Å². The lowest BCUT2D eigenvalue weighted by atomic mass is 9.55. The van der Waals surface area contributed by atoms with E-state index in [2.05, 4.69) is 24.3 Å². The second-order valence-electron chi connectivity index (χ2n) is 5.14. The second-order valence-corrected chi connectivity index (χ2v) is 5.14. The maximum atomic E-state index is 5.84.